The molecule has 2 aliphatic carbocycles. The second-order valence-corrected chi connectivity index (χ2v) is 10.8. The molecular weight excluding hydrogens is 279 g/mol. The molecule has 0 aliphatic heterocycles. The normalized spacial score (nSPS) is 22.5. The molecule has 0 aromatic carbocycles. The first-order chi connectivity index (χ1) is 9.88. The van der Waals surface area contributed by atoms with E-state index >= 15 is 0 Å². The number of hydrogen-bond acceptors (Lipinski definition) is 1. The first-order valence-corrected chi connectivity index (χ1v) is 11.0. The zero-order chi connectivity index (χ0) is 13.8. The molecule has 112 valence electrons. The van der Waals surface area contributed by atoms with E-state index in [0.29, 0.717) is 0 Å². The third-order valence-electron chi connectivity index (χ3n) is 5.19. The van der Waals surface area contributed by atoms with Crippen LogP contribution >= 0.6 is 19.3 Å². The molecule has 20 heavy (non-hydrogen) atoms. The minimum atomic E-state index is 0.142. The van der Waals surface area contributed by atoms with Crippen molar-refractivity contribution in [2.24, 2.45) is 0 Å². The lowest BCUT2D eigenvalue weighted by molar-refractivity contribution is 0.487. The highest BCUT2D eigenvalue weighted by Gasteiger charge is 2.32. The molecule has 0 spiro atoms. The van der Waals surface area contributed by atoms with Gasteiger partial charge in [0.15, 0.2) is 0 Å². The van der Waals surface area contributed by atoms with Crippen molar-refractivity contribution >= 4 is 23.9 Å². The van der Waals surface area contributed by atoms with Crippen LogP contribution in [0.1, 0.15) is 76.0 Å². The van der Waals surface area contributed by atoms with Crippen molar-refractivity contribution in [3.63, 3.8) is 0 Å². The largest absolute Gasteiger partial charge is 0.141 e. The van der Waals surface area contributed by atoms with Crippen LogP contribution in [-0.4, -0.2) is 11.3 Å². The van der Waals surface area contributed by atoms with E-state index in [0.717, 1.165) is 11.3 Å². The maximum atomic E-state index is 2.51. The topological polar surface area (TPSA) is 0 Å². The second kappa shape index (κ2) is 7.41. The predicted molar refractivity (Wildman–Crippen MR) is 94.0 cm³/mol. The van der Waals surface area contributed by atoms with Gasteiger partial charge in [-0.05, 0) is 55.6 Å². The Morgan fingerprint density at radius 2 is 1.45 bits per heavy atom. The quantitative estimate of drug-likeness (QED) is 0.591. The highest BCUT2D eigenvalue weighted by molar-refractivity contribution is 7.72. The van der Waals surface area contributed by atoms with Crippen molar-refractivity contribution in [1.29, 1.82) is 0 Å². The summed E-state index contributed by atoms with van der Waals surface area (Å²) in [6, 6.07) is 4.93. The Hall–Kier alpha value is 0.130. The summed E-state index contributed by atoms with van der Waals surface area (Å²) in [5.41, 5.74) is 2.12. The number of hydrogen-bond donors (Lipinski definition) is 0. The van der Waals surface area contributed by atoms with Gasteiger partial charge in [0, 0.05) is 9.50 Å². The highest BCUT2D eigenvalue weighted by atomic mass is 32.1. The SMILES string of the molecule is CCc1ccc(P(C2CCCCC2)C2CCCCC2)s1. The molecule has 2 heteroatoms. The lowest BCUT2D eigenvalue weighted by Crippen LogP contribution is -2.24. The van der Waals surface area contributed by atoms with E-state index in [-0.39, 0.29) is 7.92 Å². The molecule has 0 radical (unpaired) electrons. The maximum Gasteiger partial charge on any atom is 0.0286 e. The summed E-state index contributed by atoms with van der Waals surface area (Å²) in [5, 5.41) is 0. The van der Waals surface area contributed by atoms with Crippen LogP contribution in [-0.2, 0) is 6.42 Å². The van der Waals surface area contributed by atoms with Gasteiger partial charge in [-0.2, -0.15) is 0 Å². The summed E-state index contributed by atoms with van der Waals surface area (Å²) in [5.74, 6) is 0. The average molecular weight is 308 g/mol. The number of aryl methyl sites for hydroxylation is 1. The van der Waals surface area contributed by atoms with E-state index in [4.69, 9.17) is 0 Å². The fraction of sp³-hybridized carbons (Fsp3) is 0.778. The van der Waals surface area contributed by atoms with Crippen LogP contribution in [0.25, 0.3) is 0 Å². The highest BCUT2D eigenvalue weighted by Crippen LogP contribution is 2.55. The lowest BCUT2D eigenvalue weighted by atomic mass is 9.99. The van der Waals surface area contributed by atoms with Crippen LogP contribution in [0.15, 0.2) is 12.1 Å². The number of thiophene rings is 1. The third kappa shape index (κ3) is 3.47. The Labute approximate surface area is 130 Å². The van der Waals surface area contributed by atoms with Gasteiger partial charge in [0.2, 0.25) is 0 Å². The molecule has 0 N–H and O–H groups in total. The predicted octanol–water partition coefficient (Wildman–Crippen LogP) is 6.08. The van der Waals surface area contributed by atoms with Crippen LogP contribution in [0, 0.1) is 0 Å². The first-order valence-electron chi connectivity index (χ1n) is 8.75. The van der Waals surface area contributed by atoms with Crippen molar-refractivity contribution in [2.45, 2.75) is 88.9 Å². The van der Waals surface area contributed by atoms with Crippen molar-refractivity contribution in [3.05, 3.63) is 17.0 Å². The first kappa shape index (κ1) is 15.0. The minimum absolute atomic E-state index is 0.142. The molecule has 0 saturated heterocycles. The molecule has 1 heterocycles. The molecule has 1 aromatic rings. The van der Waals surface area contributed by atoms with E-state index in [2.05, 4.69) is 30.4 Å². The zero-order valence-corrected chi connectivity index (χ0v) is 14.7. The molecule has 0 atom stereocenters. The van der Waals surface area contributed by atoms with Gasteiger partial charge in [-0.15, -0.1) is 11.3 Å². The fourth-order valence-electron chi connectivity index (χ4n) is 4.07. The standard InChI is InChI=1S/C18H29PS/c1-2-17-13-14-18(20-17)19(15-9-5-3-6-10-15)16-11-7-4-8-12-16/h13-16H,2-12H2,1H3. The van der Waals surface area contributed by atoms with Crippen LogP contribution in [0.5, 0.6) is 0 Å². The van der Waals surface area contributed by atoms with Gasteiger partial charge in [-0.3, -0.25) is 0 Å². The molecule has 0 unspecified atom stereocenters. The number of rotatable bonds is 4. The third-order valence-corrected chi connectivity index (χ3v) is 10.4. The Morgan fingerprint density at radius 3 is 1.90 bits per heavy atom. The van der Waals surface area contributed by atoms with Gasteiger partial charge in [0.1, 0.15) is 0 Å². The van der Waals surface area contributed by atoms with Crippen LogP contribution in [0.2, 0.25) is 0 Å². The van der Waals surface area contributed by atoms with Crippen molar-refractivity contribution in [1.82, 2.24) is 0 Å². The Kier molecular flexibility index (Phi) is 5.57. The van der Waals surface area contributed by atoms with Gasteiger partial charge in [-0.1, -0.05) is 53.4 Å². The van der Waals surface area contributed by atoms with Crippen LogP contribution in [0.3, 0.4) is 0 Å². The fourth-order valence-corrected chi connectivity index (χ4v) is 9.83. The molecule has 2 aliphatic rings. The molecule has 0 bridgehead atoms. The molecule has 1 aromatic heterocycles. The van der Waals surface area contributed by atoms with Gasteiger partial charge < -0.3 is 0 Å². The van der Waals surface area contributed by atoms with Gasteiger partial charge >= 0.3 is 0 Å². The van der Waals surface area contributed by atoms with E-state index < -0.39 is 0 Å². The monoisotopic (exact) mass is 308 g/mol. The average Bonchev–Trinajstić information content (AvgIpc) is 2.98. The summed E-state index contributed by atoms with van der Waals surface area (Å²) < 4.78 is 1.80. The summed E-state index contributed by atoms with van der Waals surface area (Å²) in [6.45, 7) is 2.30. The van der Waals surface area contributed by atoms with E-state index in [1.165, 1.54) is 70.6 Å². The van der Waals surface area contributed by atoms with Crippen LogP contribution < -0.4 is 4.62 Å². The zero-order valence-electron chi connectivity index (χ0n) is 12.9. The molecule has 2 saturated carbocycles. The van der Waals surface area contributed by atoms with E-state index in [9.17, 15) is 0 Å². The summed E-state index contributed by atoms with van der Waals surface area (Å²) in [4.78, 5) is 1.61. The van der Waals surface area contributed by atoms with Crippen molar-refractivity contribution < 1.29 is 0 Å². The smallest absolute Gasteiger partial charge is 0.0286 e. The summed E-state index contributed by atoms with van der Waals surface area (Å²) in [6.07, 6.45) is 16.3. The van der Waals surface area contributed by atoms with Gasteiger partial charge in [0.05, 0.1) is 0 Å². The van der Waals surface area contributed by atoms with E-state index in [1.807, 2.05) is 0 Å². The molecular formula is C18H29PS. The van der Waals surface area contributed by atoms with Crippen LogP contribution in [0.4, 0.5) is 0 Å². The van der Waals surface area contributed by atoms with Gasteiger partial charge in [-0.25, -0.2) is 0 Å². The molecule has 3 rings (SSSR count). The van der Waals surface area contributed by atoms with Crippen molar-refractivity contribution in [3.8, 4) is 0 Å². The minimum Gasteiger partial charge on any atom is -0.141 e. The molecule has 0 amide bonds. The van der Waals surface area contributed by atoms with Gasteiger partial charge in [0.25, 0.3) is 0 Å². The molecule has 0 nitrogen and oxygen atoms in total. The second-order valence-electron chi connectivity index (χ2n) is 6.58. The Bertz CT molecular complexity index is 381. The summed E-state index contributed by atoms with van der Waals surface area (Å²) in [7, 11) is 0.142. The lowest BCUT2D eigenvalue weighted by Gasteiger charge is -2.37. The Morgan fingerprint density at radius 1 is 0.900 bits per heavy atom. The maximum absolute atomic E-state index is 2.51. The Balaban J connectivity index is 1.81. The summed E-state index contributed by atoms with van der Waals surface area (Å²) >= 11 is 2.16. The van der Waals surface area contributed by atoms with E-state index in [1.54, 1.807) is 9.50 Å². The molecule has 2 fully saturated rings. The van der Waals surface area contributed by atoms with Crippen molar-refractivity contribution in [2.75, 3.05) is 0 Å².